The fourth-order valence-corrected chi connectivity index (χ4v) is 3.44. The van der Waals surface area contributed by atoms with E-state index in [1.54, 1.807) is 43.5 Å². The van der Waals surface area contributed by atoms with E-state index in [9.17, 15) is 0 Å². The Bertz CT molecular complexity index is 1010. The molecule has 0 unspecified atom stereocenters. The molecule has 0 aliphatic heterocycles. The van der Waals surface area contributed by atoms with E-state index < -0.39 is 0 Å². The van der Waals surface area contributed by atoms with Gasteiger partial charge in [-0.15, -0.1) is 0 Å². The molecule has 1 aromatic heterocycles. The molecule has 0 aliphatic carbocycles. The highest BCUT2D eigenvalue weighted by molar-refractivity contribution is 6.31. The molecule has 0 atom stereocenters. The number of benzene rings is 2. The van der Waals surface area contributed by atoms with Crippen LogP contribution in [0.25, 0.3) is 10.8 Å². The second-order valence-electron chi connectivity index (χ2n) is 6.72. The lowest BCUT2D eigenvalue weighted by atomic mass is 9.95. The third kappa shape index (κ3) is 3.47. The number of nitrogens with two attached hydrogens (primary N) is 1. The van der Waals surface area contributed by atoms with E-state index >= 15 is 0 Å². The number of nitrogens with zero attached hydrogens (tertiary/aromatic N) is 2. The Labute approximate surface area is 164 Å². The number of halogens is 1. The molecule has 0 radical (unpaired) electrons. The van der Waals surface area contributed by atoms with Gasteiger partial charge in [-0.05, 0) is 54.3 Å². The van der Waals surface area contributed by atoms with Crippen molar-refractivity contribution < 1.29 is 9.15 Å². The van der Waals surface area contributed by atoms with Crippen LogP contribution in [0.4, 0.5) is 11.6 Å². The van der Waals surface area contributed by atoms with Gasteiger partial charge in [0.05, 0.1) is 12.8 Å². The van der Waals surface area contributed by atoms with E-state index in [0.717, 1.165) is 10.8 Å². The first kappa shape index (κ1) is 19.1. The average molecular weight is 386 g/mol. The number of hydrogen-bond donors (Lipinski definition) is 1. The predicted molar refractivity (Wildman–Crippen MR) is 113 cm³/mol. The molecule has 0 spiro atoms. The summed E-state index contributed by atoms with van der Waals surface area (Å²) in [6, 6.07) is 9.62. The molecule has 0 bridgehead atoms. The molecule has 0 fully saturated rings. The van der Waals surface area contributed by atoms with Gasteiger partial charge in [0.15, 0.2) is 0 Å². The van der Waals surface area contributed by atoms with Gasteiger partial charge in [0.25, 0.3) is 0 Å². The molecule has 0 aliphatic rings. The summed E-state index contributed by atoms with van der Waals surface area (Å²) in [6.45, 7) is 6.47. The van der Waals surface area contributed by atoms with Gasteiger partial charge in [-0.25, -0.2) is 4.90 Å². The lowest BCUT2D eigenvalue weighted by Gasteiger charge is -2.23. The molecule has 3 rings (SSSR count). The van der Waals surface area contributed by atoms with Crippen LogP contribution < -0.4 is 15.4 Å². The molecular formula is C21H24ClN3O2. The summed E-state index contributed by atoms with van der Waals surface area (Å²) < 4.78 is 11.5. The normalized spacial score (nSPS) is 12.0. The molecule has 2 N–H and O–H groups in total. The quantitative estimate of drug-likeness (QED) is 0.468. The molecular weight excluding hydrogens is 362 g/mol. The van der Waals surface area contributed by atoms with Crippen LogP contribution in [0.2, 0.25) is 5.02 Å². The number of rotatable bonds is 4. The molecule has 2 aromatic carbocycles. The Morgan fingerprint density at radius 3 is 2.63 bits per heavy atom. The van der Waals surface area contributed by atoms with Crippen molar-refractivity contribution in [2.75, 3.05) is 19.1 Å². The van der Waals surface area contributed by atoms with Crippen LogP contribution >= 0.6 is 11.6 Å². The van der Waals surface area contributed by atoms with E-state index in [1.807, 2.05) is 0 Å². The lowest BCUT2D eigenvalue weighted by molar-refractivity contribution is 0.415. The first-order valence-corrected chi connectivity index (χ1v) is 9.12. The van der Waals surface area contributed by atoms with Crippen molar-refractivity contribution >= 4 is 39.9 Å². The monoisotopic (exact) mass is 385 g/mol. The number of hydrogen-bond acceptors (Lipinski definition) is 3. The topological polar surface area (TPSA) is 64.0 Å². The zero-order valence-electron chi connectivity index (χ0n) is 16.2. The standard InChI is InChI=1S/C21H24ClN3O2/c1-12(2)16-9-14-11-27-20(17(14)8-13(16)3)25(21(23)24-4)18-10-15(22)6-7-19(18)26-5/h6-12H,1-5H3,(H2,23,24). The maximum atomic E-state index is 6.24. The molecule has 0 amide bonds. The third-order valence-corrected chi connectivity index (χ3v) is 4.87. The van der Waals surface area contributed by atoms with Crippen molar-refractivity contribution in [3.63, 3.8) is 0 Å². The Hall–Kier alpha value is -2.66. The van der Waals surface area contributed by atoms with Crippen LogP contribution in [0, 0.1) is 6.92 Å². The summed E-state index contributed by atoms with van der Waals surface area (Å²) in [6.07, 6.45) is 1.74. The number of aryl methyl sites for hydroxylation is 1. The third-order valence-electron chi connectivity index (χ3n) is 4.63. The van der Waals surface area contributed by atoms with Gasteiger partial charge >= 0.3 is 0 Å². The summed E-state index contributed by atoms with van der Waals surface area (Å²) in [5.41, 5.74) is 9.39. The van der Waals surface area contributed by atoms with Gasteiger partial charge in [-0.3, -0.25) is 4.99 Å². The van der Waals surface area contributed by atoms with Crippen molar-refractivity contribution in [3.05, 3.63) is 52.7 Å². The highest BCUT2D eigenvalue weighted by atomic mass is 35.5. The van der Waals surface area contributed by atoms with Crippen molar-refractivity contribution in [1.82, 2.24) is 0 Å². The van der Waals surface area contributed by atoms with Crippen molar-refractivity contribution in [2.24, 2.45) is 10.7 Å². The van der Waals surface area contributed by atoms with Gasteiger partial charge in [0.1, 0.15) is 12.0 Å². The Kier molecular flexibility index (Phi) is 5.33. The van der Waals surface area contributed by atoms with Gasteiger partial charge in [-0.1, -0.05) is 25.4 Å². The highest BCUT2D eigenvalue weighted by Crippen LogP contribution is 2.41. The van der Waals surface area contributed by atoms with Crippen LogP contribution in [-0.4, -0.2) is 20.1 Å². The summed E-state index contributed by atoms with van der Waals surface area (Å²) >= 11 is 6.23. The SMILES string of the molecule is CN=C(N)N(c1cc(Cl)ccc1OC)c1occ2cc(C(C)C)c(C)cc12. The first-order valence-electron chi connectivity index (χ1n) is 8.75. The predicted octanol–water partition coefficient (Wildman–Crippen LogP) is 5.61. The zero-order chi connectivity index (χ0) is 19.7. The maximum absolute atomic E-state index is 6.24. The maximum Gasteiger partial charge on any atom is 0.214 e. The minimum absolute atomic E-state index is 0.275. The summed E-state index contributed by atoms with van der Waals surface area (Å²) in [5, 5.41) is 2.52. The largest absolute Gasteiger partial charge is 0.495 e. The molecule has 0 saturated carbocycles. The summed E-state index contributed by atoms with van der Waals surface area (Å²) in [5.74, 6) is 1.90. The van der Waals surface area contributed by atoms with Crippen LogP contribution in [0.15, 0.2) is 46.0 Å². The van der Waals surface area contributed by atoms with Crippen LogP contribution in [-0.2, 0) is 0 Å². The Morgan fingerprint density at radius 1 is 1.26 bits per heavy atom. The number of ether oxygens (including phenoxy) is 1. The van der Waals surface area contributed by atoms with Crippen LogP contribution in [0.5, 0.6) is 5.75 Å². The fourth-order valence-electron chi connectivity index (χ4n) is 3.28. The molecule has 1 heterocycles. The minimum Gasteiger partial charge on any atom is -0.495 e. The summed E-state index contributed by atoms with van der Waals surface area (Å²) in [7, 11) is 3.23. The van der Waals surface area contributed by atoms with Crippen molar-refractivity contribution in [1.29, 1.82) is 0 Å². The molecule has 142 valence electrons. The molecule has 0 saturated heterocycles. The van der Waals surface area contributed by atoms with E-state index in [2.05, 4.69) is 37.9 Å². The first-order chi connectivity index (χ1) is 12.9. The second-order valence-corrected chi connectivity index (χ2v) is 7.16. The van der Waals surface area contributed by atoms with Crippen LogP contribution in [0.3, 0.4) is 0 Å². The average Bonchev–Trinajstić information content (AvgIpc) is 3.03. The van der Waals surface area contributed by atoms with E-state index in [-0.39, 0.29) is 5.96 Å². The van der Waals surface area contributed by atoms with Crippen molar-refractivity contribution in [2.45, 2.75) is 26.7 Å². The molecule has 5 nitrogen and oxygen atoms in total. The van der Waals surface area contributed by atoms with Gasteiger partial charge in [-0.2, -0.15) is 0 Å². The van der Waals surface area contributed by atoms with Gasteiger partial charge in [0.2, 0.25) is 11.8 Å². The number of furan rings is 1. The number of anilines is 2. The van der Waals surface area contributed by atoms with E-state index in [1.165, 1.54) is 11.1 Å². The number of aliphatic imine (C=N–C) groups is 1. The second kappa shape index (κ2) is 7.53. The lowest BCUT2D eigenvalue weighted by Crippen LogP contribution is -2.33. The molecule has 27 heavy (non-hydrogen) atoms. The number of guanidine groups is 1. The van der Waals surface area contributed by atoms with Crippen molar-refractivity contribution in [3.8, 4) is 5.75 Å². The van der Waals surface area contributed by atoms with E-state index in [4.69, 9.17) is 26.5 Å². The highest BCUT2D eigenvalue weighted by Gasteiger charge is 2.24. The Morgan fingerprint density at radius 2 is 2.00 bits per heavy atom. The summed E-state index contributed by atoms with van der Waals surface area (Å²) in [4.78, 5) is 5.89. The van der Waals surface area contributed by atoms with Gasteiger partial charge < -0.3 is 14.9 Å². The number of fused-ring (bicyclic) bond motifs is 1. The van der Waals surface area contributed by atoms with E-state index in [0.29, 0.717) is 28.3 Å². The smallest absolute Gasteiger partial charge is 0.214 e. The Balaban J connectivity index is 2.27. The molecule has 6 heteroatoms. The molecule has 3 aromatic rings. The van der Waals surface area contributed by atoms with Crippen LogP contribution in [0.1, 0.15) is 30.9 Å². The zero-order valence-corrected chi connectivity index (χ0v) is 17.0. The van der Waals surface area contributed by atoms with Gasteiger partial charge in [0, 0.05) is 22.8 Å². The fraction of sp³-hybridized carbons (Fsp3) is 0.286. The number of methoxy groups -OCH3 is 1. The minimum atomic E-state index is 0.275.